The molecule has 0 spiro atoms. The molecular formula is C19H23N3O4. The molecule has 1 heterocycles. The maximum atomic E-state index is 12.4. The number of carbonyl (C=O) groups excluding carboxylic acids is 3. The highest BCUT2D eigenvalue weighted by Gasteiger charge is 2.31. The Hall–Kier alpha value is -2.70. The largest absolute Gasteiger partial charge is 0.448 e. The molecule has 1 atom stereocenters. The zero-order valence-corrected chi connectivity index (χ0v) is 15.2. The predicted octanol–water partition coefficient (Wildman–Crippen LogP) is 2.00. The monoisotopic (exact) mass is 357 g/mol. The molecule has 7 nitrogen and oxygen atoms in total. The van der Waals surface area contributed by atoms with E-state index in [-0.39, 0.29) is 36.4 Å². The first-order chi connectivity index (χ1) is 12.3. The van der Waals surface area contributed by atoms with Crippen molar-refractivity contribution in [3.8, 4) is 0 Å². The van der Waals surface area contributed by atoms with E-state index < -0.39 is 12.1 Å². The lowest BCUT2D eigenvalue weighted by Crippen LogP contribution is -2.40. The van der Waals surface area contributed by atoms with Crippen molar-refractivity contribution in [1.29, 1.82) is 0 Å². The minimum atomic E-state index is -0.891. The summed E-state index contributed by atoms with van der Waals surface area (Å²) >= 11 is 0. The van der Waals surface area contributed by atoms with E-state index in [1.807, 2.05) is 32.0 Å². The third-order valence-electron chi connectivity index (χ3n) is 4.44. The molecule has 1 aliphatic carbocycles. The molecule has 1 N–H and O–H groups in total. The van der Waals surface area contributed by atoms with Crippen LogP contribution in [0.1, 0.15) is 43.7 Å². The van der Waals surface area contributed by atoms with Crippen molar-refractivity contribution in [3.05, 3.63) is 29.3 Å². The number of nitrogens with one attached hydrogen (secondary N) is 1. The second-order valence-electron chi connectivity index (χ2n) is 6.87. The third-order valence-corrected chi connectivity index (χ3v) is 4.44. The van der Waals surface area contributed by atoms with Crippen molar-refractivity contribution < 1.29 is 19.1 Å². The van der Waals surface area contributed by atoms with E-state index in [1.54, 1.807) is 0 Å². The van der Waals surface area contributed by atoms with Crippen molar-refractivity contribution >= 4 is 29.2 Å². The molecule has 1 aromatic rings. The molecule has 0 radical (unpaired) electrons. The van der Waals surface area contributed by atoms with Crippen LogP contribution in [0.4, 0.5) is 5.69 Å². The highest BCUT2D eigenvalue weighted by molar-refractivity contribution is 6.38. The molecular weight excluding hydrogens is 334 g/mol. The summed E-state index contributed by atoms with van der Waals surface area (Å²) < 4.78 is 5.23. The summed E-state index contributed by atoms with van der Waals surface area (Å²) in [5, 5.41) is 8.27. The van der Waals surface area contributed by atoms with Crippen molar-refractivity contribution in [2.45, 2.75) is 58.6 Å². The van der Waals surface area contributed by atoms with Gasteiger partial charge in [-0.1, -0.05) is 12.1 Å². The van der Waals surface area contributed by atoms with Gasteiger partial charge < -0.3 is 10.1 Å². The molecule has 1 fully saturated rings. The number of benzene rings is 1. The highest BCUT2D eigenvalue weighted by atomic mass is 16.5. The molecule has 1 saturated carbocycles. The van der Waals surface area contributed by atoms with Crippen LogP contribution in [0.5, 0.6) is 0 Å². The van der Waals surface area contributed by atoms with Gasteiger partial charge in [0.25, 0.3) is 5.91 Å². The highest BCUT2D eigenvalue weighted by Crippen LogP contribution is 2.25. The second-order valence-corrected chi connectivity index (χ2v) is 6.87. The summed E-state index contributed by atoms with van der Waals surface area (Å²) in [6, 6.07) is 5.92. The zero-order chi connectivity index (χ0) is 18.8. The average Bonchev–Trinajstić information content (AvgIpc) is 3.41. The van der Waals surface area contributed by atoms with Gasteiger partial charge in [-0.15, -0.1) is 0 Å². The van der Waals surface area contributed by atoms with Crippen LogP contribution in [0.15, 0.2) is 23.3 Å². The first-order valence-electron chi connectivity index (χ1n) is 8.84. The number of rotatable bonds is 5. The number of hydrogen-bond donors (Lipinski definition) is 1. The number of aryl methyl sites for hydroxylation is 2. The van der Waals surface area contributed by atoms with Gasteiger partial charge in [-0.25, -0.2) is 4.79 Å². The smallest absolute Gasteiger partial charge is 0.355 e. The summed E-state index contributed by atoms with van der Waals surface area (Å²) in [5.41, 5.74) is 2.68. The molecule has 26 heavy (non-hydrogen) atoms. The Morgan fingerprint density at radius 2 is 2.00 bits per heavy atom. The minimum Gasteiger partial charge on any atom is -0.448 e. The Balaban J connectivity index is 1.74. The molecule has 3 rings (SSSR count). The fraction of sp³-hybridized carbons (Fsp3) is 0.474. The van der Waals surface area contributed by atoms with E-state index in [4.69, 9.17) is 4.74 Å². The SMILES string of the molecule is Cc1ccc(C)c(N2N=C(C(=O)O[C@H](C)C(=O)NC3CC3)CCC2=O)c1. The molecule has 138 valence electrons. The lowest BCUT2D eigenvalue weighted by molar-refractivity contribution is -0.148. The third kappa shape index (κ3) is 4.09. The Bertz CT molecular complexity index is 783. The summed E-state index contributed by atoms with van der Waals surface area (Å²) in [6.45, 7) is 5.34. The Kier molecular flexibility index (Phi) is 5.06. The standard InChI is InChI=1S/C19H23N3O4/c1-11-4-5-12(2)16(10-11)22-17(23)9-8-15(21-22)19(25)26-13(3)18(24)20-14-6-7-14/h4-5,10,13-14H,6-9H2,1-3H3,(H,20,24)/t13-/m1/s1. The summed E-state index contributed by atoms with van der Waals surface area (Å²) in [4.78, 5) is 36.6. The molecule has 2 aliphatic rings. The lowest BCUT2D eigenvalue weighted by atomic mass is 10.1. The number of amides is 2. The van der Waals surface area contributed by atoms with Crippen LogP contribution >= 0.6 is 0 Å². The van der Waals surface area contributed by atoms with Crippen LogP contribution in [0.2, 0.25) is 0 Å². The zero-order valence-electron chi connectivity index (χ0n) is 15.2. The van der Waals surface area contributed by atoms with Crippen LogP contribution in [0.25, 0.3) is 0 Å². The van der Waals surface area contributed by atoms with Gasteiger partial charge >= 0.3 is 5.97 Å². The lowest BCUT2D eigenvalue weighted by Gasteiger charge is -2.25. The summed E-state index contributed by atoms with van der Waals surface area (Å²) in [5.74, 6) is -1.14. The van der Waals surface area contributed by atoms with E-state index in [9.17, 15) is 14.4 Å². The van der Waals surface area contributed by atoms with Crippen LogP contribution in [0.3, 0.4) is 0 Å². The molecule has 0 unspecified atom stereocenters. The van der Waals surface area contributed by atoms with Gasteiger partial charge in [-0.05, 0) is 50.8 Å². The predicted molar refractivity (Wildman–Crippen MR) is 96.8 cm³/mol. The van der Waals surface area contributed by atoms with Gasteiger partial charge in [-0.3, -0.25) is 9.59 Å². The number of carbonyl (C=O) groups is 3. The number of hydrogen-bond acceptors (Lipinski definition) is 5. The number of nitrogens with zero attached hydrogens (tertiary/aromatic N) is 2. The molecule has 0 bridgehead atoms. The number of hydrazone groups is 1. The van der Waals surface area contributed by atoms with Crippen molar-refractivity contribution in [2.75, 3.05) is 5.01 Å². The van der Waals surface area contributed by atoms with Crippen LogP contribution in [-0.2, 0) is 19.1 Å². The van der Waals surface area contributed by atoms with Gasteiger partial charge in [0, 0.05) is 18.9 Å². The normalized spacial score (nSPS) is 18.2. The first-order valence-corrected chi connectivity index (χ1v) is 8.84. The summed E-state index contributed by atoms with van der Waals surface area (Å²) in [6.07, 6.45) is 1.41. The molecule has 2 amide bonds. The quantitative estimate of drug-likeness (QED) is 0.817. The number of esters is 1. The number of anilines is 1. The maximum absolute atomic E-state index is 12.4. The molecule has 0 aromatic heterocycles. The fourth-order valence-corrected chi connectivity index (χ4v) is 2.66. The van der Waals surface area contributed by atoms with Crippen molar-refractivity contribution in [2.24, 2.45) is 5.10 Å². The second kappa shape index (κ2) is 7.27. The van der Waals surface area contributed by atoms with E-state index >= 15 is 0 Å². The fourth-order valence-electron chi connectivity index (χ4n) is 2.66. The summed E-state index contributed by atoms with van der Waals surface area (Å²) in [7, 11) is 0. The van der Waals surface area contributed by atoms with Crippen LogP contribution in [-0.4, -0.2) is 35.6 Å². The van der Waals surface area contributed by atoms with Gasteiger partial charge in [0.05, 0.1) is 5.69 Å². The van der Waals surface area contributed by atoms with Crippen LogP contribution in [0, 0.1) is 13.8 Å². The van der Waals surface area contributed by atoms with E-state index in [0.29, 0.717) is 5.69 Å². The van der Waals surface area contributed by atoms with Crippen molar-refractivity contribution in [1.82, 2.24) is 5.32 Å². The maximum Gasteiger partial charge on any atom is 0.355 e. The van der Waals surface area contributed by atoms with E-state index in [1.165, 1.54) is 11.9 Å². The Morgan fingerprint density at radius 1 is 1.27 bits per heavy atom. The van der Waals surface area contributed by atoms with Crippen LogP contribution < -0.4 is 10.3 Å². The minimum absolute atomic E-state index is 0.150. The van der Waals surface area contributed by atoms with Crippen molar-refractivity contribution in [3.63, 3.8) is 0 Å². The van der Waals surface area contributed by atoms with Gasteiger partial charge in [0.15, 0.2) is 6.10 Å². The molecule has 1 aliphatic heterocycles. The molecule has 0 saturated heterocycles. The van der Waals surface area contributed by atoms with Gasteiger partial charge in [0.1, 0.15) is 5.71 Å². The van der Waals surface area contributed by atoms with E-state index in [2.05, 4.69) is 10.4 Å². The van der Waals surface area contributed by atoms with Gasteiger partial charge in [-0.2, -0.15) is 10.1 Å². The molecule has 7 heteroatoms. The van der Waals surface area contributed by atoms with Gasteiger partial charge in [0.2, 0.25) is 5.91 Å². The molecule has 1 aromatic carbocycles. The Labute approximate surface area is 152 Å². The average molecular weight is 357 g/mol. The topological polar surface area (TPSA) is 88.1 Å². The Morgan fingerprint density at radius 3 is 2.69 bits per heavy atom. The van der Waals surface area contributed by atoms with E-state index in [0.717, 1.165) is 24.0 Å². The first kappa shape index (κ1) is 18.1. The number of ether oxygens (including phenoxy) is 1.